The Morgan fingerprint density at radius 1 is 0.410 bits per heavy atom. The van der Waals surface area contributed by atoms with Crippen LogP contribution in [0.25, 0.3) is 33.4 Å². The van der Waals surface area contributed by atoms with Crippen molar-refractivity contribution in [2.75, 3.05) is 46.0 Å². The molecule has 0 fully saturated rings. The van der Waals surface area contributed by atoms with Crippen molar-refractivity contribution in [1.29, 1.82) is 0 Å². The number of esters is 2. The minimum atomic E-state index is -4.88. The molecule has 0 bridgehead atoms. The van der Waals surface area contributed by atoms with E-state index in [-0.39, 0.29) is 79.7 Å². The number of phenols is 1. The zero-order valence-electron chi connectivity index (χ0n) is 60.1. The van der Waals surface area contributed by atoms with Gasteiger partial charge in [-0.15, -0.1) is 0 Å². The quantitative estimate of drug-likeness (QED) is 0.0216. The van der Waals surface area contributed by atoms with E-state index in [1.807, 2.05) is 36.4 Å². The predicted octanol–water partition coefficient (Wildman–Crippen LogP) is 17.2. The molecule has 0 saturated carbocycles. The van der Waals surface area contributed by atoms with Crippen molar-refractivity contribution in [3.8, 4) is 56.4 Å². The fourth-order valence-corrected chi connectivity index (χ4v) is 16.1. The van der Waals surface area contributed by atoms with Crippen molar-refractivity contribution < 1.29 is 191 Å². The predicted molar refractivity (Wildman–Crippen MR) is 407 cm³/mol. The third-order valence-electron chi connectivity index (χ3n) is 15.3. The molecule has 117 heavy (non-hydrogen) atoms. The third kappa shape index (κ3) is 27.1. The summed E-state index contributed by atoms with van der Waals surface area (Å²) < 4.78 is 276. The van der Waals surface area contributed by atoms with Crippen LogP contribution in [0, 0.1) is 0 Å². The van der Waals surface area contributed by atoms with Crippen LogP contribution in [0.15, 0.2) is 214 Å². The van der Waals surface area contributed by atoms with Gasteiger partial charge in [-0.3, -0.25) is 4.72 Å². The van der Waals surface area contributed by atoms with Gasteiger partial charge in [-0.25, -0.2) is 48.1 Å². The van der Waals surface area contributed by atoms with Gasteiger partial charge in [0.2, 0.25) is 0 Å². The average molecular weight is 1870 g/mol. The summed E-state index contributed by atoms with van der Waals surface area (Å²) in [5, 5.41) is 16.3. The van der Waals surface area contributed by atoms with E-state index >= 15 is 0 Å². The molecule has 6 N–H and O–H groups in total. The van der Waals surface area contributed by atoms with Crippen LogP contribution in [-0.4, -0.2) is 103 Å². The van der Waals surface area contributed by atoms with E-state index in [1.165, 1.54) is 37.4 Å². The number of nitrogens with two attached hydrogens (primary N) is 1. The second-order valence-electron chi connectivity index (χ2n) is 22.8. The fourth-order valence-electron chi connectivity index (χ4n) is 9.93. The van der Waals surface area contributed by atoms with Gasteiger partial charge in [-0.05, 0) is 124 Å². The second kappa shape index (κ2) is 41.6. The number of nitrogens with one attached hydrogen (secondary N) is 1. The van der Waals surface area contributed by atoms with Crippen LogP contribution in [0.1, 0.15) is 58.9 Å². The Bertz CT molecular complexity index is 5760. The Kier molecular flexibility index (Phi) is 35.9. The number of hydrogen-bond acceptors (Lipinski definition) is 19. The van der Waals surface area contributed by atoms with E-state index in [0.717, 1.165) is 45.1 Å². The van der Waals surface area contributed by atoms with Crippen molar-refractivity contribution in [3.05, 3.63) is 259 Å². The van der Waals surface area contributed by atoms with Gasteiger partial charge in [0.25, 0.3) is 28.1 Å². The molecule has 10 rings (SSSR count). The number of carbonyl (C=O) groups excluding carboxylic acids is 2. The summed E-state index contributed by atoms with van der Waals surface area (Å²) >= 11 is 22.5. The van der Waals surface area contributed by atoms with E-state index in [2.05, 4.69) is 14.2 Å². The number of methoxy groups -OCH3 is 5. The SMILES string of the molecule is COC(=O)c1ccc(-c2ccccc2)cc1CS(=O)(=O)c1cc(C(F)(F)F)cc(Cl)c1OC.COC(=O)c1ccc(-c2ccccc2)cc1N.COc1c(Cl)cc(C(F)(F)F)cc1S(=O)(=O)Cl.COc1c(Cl)cc(C(F)(F)F)cc1S(=O)(=O)Nc1cc(-c2ccccc2)ccc1C(=O)O.O=S(=O)(Cl)c1cc(C(F)(F)F)cc(Cl)c1O.[K+].[OH-]. The first-order chi connectivity index (χ1) is 53.2. The number of sulfonamides is 1. The zero-order chi connectivity index (χ0) is 86.5. The fraction of sp³-hybridized carbons (Fsp3) is 0.137. The largest absolute Gasteiger partial charge is 1.00 e. The number of ether oxygens (including phenoxy) is 5. The van der Waals surface area contributed by atoms with Gasteiger partial charge in [0.15, 0.2) is 32.8 Å². The van der Waals surface area contributed by atoms with Crippen LogP contribution in [0.4, 0.5) is 64.1 Å². The van der Waals surface area contributed by atoms with E-state index < -0.39 is 177 Å². The molecule has 21 nitrogen and oxygen atoms in total. The topological polar surface area (TPSA) is 342 Å². The Balaban J connectivity index is 0.000000318. The summed E-state index contributed by atoms with van der Waals surface area (Å²) in [5.41, 5.74) is 5.45. The molecule has 10 aromatic carbocycles. The third-order valence-corrected chi connectivity index (χ3v) is 22.1. The first-order valence-corrected chi connectivity index (χ1v) is 40.3. The number of benzene rings is 10. The van der Waals surface area contributed by atoms with Gasteiger partial charge < -0.3 is 45.1 Å². The average Bonchev–Trinajstić information content (AvgIpc) is 0.766. The molecule has 0 amide bonds. The summed E-state index contributed by atoms with van der Waals surface area (Å²) in [6, 6.07) is 44.8. The number of rotatable bonds is 17. The molecule has 0 spiro atoms. The van der Waals surface area contributed by atoms with Gasteiger partial charge in [-0.2, -0.15) is 52.7 Å². The molecule has 0 aliphatic rings. The number of anilines is 2. The standard InChI is InChI=1S/C23H18ClF3O5S.C21H15ClF3NO5S.C14H13NO2.C8H5Cl2F3O3S.C7H3Cl2F3O3S.K.H2O/c1-31-21-19(24)11-17(23(25,26)27)12-20(21)33(29,30)13-16-10-15(14-6-4-3-5-7-14)8-9-18(16)22(28)32-2;1-31-19-16(22)10-14(21(23,24)25)11-18(19)32(29,30)26-17-9-13(7-8-15(17)20(27)28)12-5-3-2-4-6-12;1-17-14(16)12-8-7-11(9-13(12)15)10-5-3-2-4-6-10;1-16-7-5(9)2-4(8(11,12)13)3-6(7)17(10,14)15;8-4-1-3(7(10,11)12)2-5(6(4)13)16(9,14)15;;/h3-12H,13H2,1-2H3;2-11,26H,1H3,(H,27,28);2-9H,15H2,1H3;2-3H,1H3;1-2,13H;;1H2/q;;;;;+1;/p-1. The van der Waals surface area contributed by atoms with E-state index in [1.54, 1.807) is 78.9 Å². The van der Waals surface area contributed by atoms with Crippen LogP contribution in [-0.2, 0) is 77.9 Å². The van der Waals surface area contributed by atoms with Gasteiger partial charge in [-0.1, -0.05) is 156 Å². The molecule has 0 radical (unpaired) electrons. The smallest absolute Gasteiger partial charge is 0.870 e. The van der Waals surface area contributed by atoms with Crippen molar-refractivity contribution in [3.63, 3.8) is 0 Å². The Morgan fingerprint density at radius 2 is 0.726 bits per heavy atom. The molecular weight excluding hydrogens is 1820 g/mol. The number of alkyl halides is 12. The summed E-state index contributed by atoms with van der Waals surface area (Å²) in [6.07, 6.45) is -19.2. The van der Waals surface area contributed by atoms with Crippen LogP contribution < -0.4 is 76.1 Å². The molecule has 0 heterocycles. The first kappa shape index (κ1) is 101. The number of hydrogen-bond donors (Lipinski definition) is 4. The number of nitrogen functional groups attached to an aromatic ring is 1. The number of carbonyl (C=O) groups is 3. The van der Waals surface area contributed by atoms with Crippen LogP contribution >= 0.6 is 67.8 Å². The molecular formula is C73H55Cl6F12KN2O19S4. The number of sulfone groups is 1. The molecule has 0 aliphatic heterocycles. The summed E-state index contributed by atoms with van der Waals surface area (Å²) in [7, 11) is -2.52. The van der Waals surface area contributed by atoms with Crippen LogP contribution in [0.5, 0.6) is 23.0 Å². The molecule has 0 atom stereocenters. The number of phenolic OH excluding ortho intramolecular Hbond substituents is 1. The van der Waals surface area contributed by atoms with E-state index in [4.69, 9.17) is 92.8 Å². The normalized spacial score (nSPS) is 11.6. The maximum absolute atomic E-state index is 13.3. The Labute approximate surface area is 730 Å². The van der Waals surface area contributed by atoms with Crippen molar-refractivity contribution >= 4 is 135 Å². The number of aromatic carboxylic acids is 1. The van der Waals surface area contributed by atoms with Crippen molar-refractivity contribution in [1.82, 2.24) is 0 Å². The van der Waals surface area contributed by atoms with Crippen LogP contribution in [0.3, 0.4) is 0 Å². The van der Waals surface area contributed by atoms with E-state index in [9.17, 15) is 106 Å². The molecule has 0 unspecified atom stereocenters. The maximum Gasteiger partial charge on any atom is 1.00 e. The number of halogens is 18. The van der Waals surface area contributed by atoms with Crippen molar-refractivity contribution in [2.24, 2.45) is 0 Å². The Morgan fingerprint density at radius 3 is 1.09 bits per heavy atom. The van der Waals surface area contributed by atoms with Gasteiger partial charge in [0.1, 0.15) is 19.6 Å². The molecule has 44 heteroatoms. The number of carboxylic acids is 1. The summed E-state index contributed by atoms with van der Waals surface area (Å²) in [6.45, 7) is 0. The minimum Gasteiger partial charge on any atom is -0.870 e. The number of aromatic hydroxyl groups is 1. The molecule has 10 aromatic rings. The minimum absolute atomic E-state index is 0. The second-order valence-corrected chi connectivity index (χ2v) is 33.1. The maximum atomic E-state index is 13.3. The monoisotopic (exact) mass is 1870 g/mol. The molecule has 0 aromatic heterocycles. The first-order valence-electron chi connectivity index (χ1n) is 31.1. The van der Waals surface area contributed by atoms with Gasteiger partial charge in [0.05, 0.1) is 106 Å². The molecule has 0 aliphatic carbocycles. The molecule has 622 valence electrons. The Hall–Kier alpha value is -8.29. The zero-order valence-corrected chi connectivity index (χ0v) is 71.0. The number of carboxylic acid groups (broad SMARTS) is 1. The van der Waals surface area contributed by atoms with Crippen LogP contribution in [0.2, 0.25) is 20.1 Å². The summed E-state index contributed by atoms with van der Waals surface area (Å²) in [4.78, 5) is 31.7. The summed E-state index contributed by atoms with van der Waals surface area (Å²) in [5.74, 6) is -5.77. The van der Waals surface area contributed by atoms with Gasteiger partial charge >= 0.3 is 94.0 Å². The molecule has 0 saturated heterocycles. The van der Waals surface area contributed by atoms with Crippen molar-refractivity contribution in [2.45, 2.75) is 50.0 Å². The van der Waals surface area contributed by atoms with E-state index in [0.29, 0.717) is 70.4 Å². The van der Waals surface area contributed by atoms with Gasteiger partial charge in [0, 0.05) is 27.1 Å².